The Labute approximate surface area is 90.3 Å². The highest BCUT2D eigenvalue weighted by Crippen LogP contribution is 2.02. The lowest BCUT2D eigenvalue weighted by atomic mass is 10.2. The number of rotatable bonds is 4. The van der Waals surface area contributed by atoms with E-state index in [-0.39, 0.29) is 11.9 Å². The third-order valence-corrected chi connectivity index (χ3v) is 2.32. The van der Waals surface area contributed by atoms with Gasteiger partial charge in [-0.05, 0) is 25.6 Å². The van der Waals surface area contributed by atoms with Crippen LogP contribution in [0.3, 0.4) is 0 Å². The van der Waals surface area contributed by atoms with Crippen LogP contribution in [-0.2, 0) is 11.3 Å². The van der Waals surface area contributed by atoms with E-state index >= 15 is 0 Å². The molecule has 0 aromatic carbocycles. The maximum Gasteiger partial charge on any atom is 0.239 e. The fraction of sp³-hybridized carbons (Fsp3) is 0.455. The third kappa shape index (κ3) is 3.32. The molecule has 4 nitrogen and oxygen atoms in total. The molecule has 1 aromatic heterocycles. The van der Waals surface area contributed by atoms with E-state index in [1.807, 2.05) is 19.1 Å². The highest BCUT2D eigenvalue weighted by Gasteiger charge is 2.15. The van der Waals surface area contributed by atoms with Crippen molar-refractivity contribution >= 4 is 5.91 Å². The Morgan fingerprint density at radius 1 is 1.67 bits per heavy atom. The highest BCUT2D eigenvalue weighted by atomic mass is 16.2. The van der Waals surface area contributed by atoms with Crippen molar-refractivity contribution in [1.29, 1.82) is 0 Å². The average Bonchev–Trinajstić information content (AvgIpc) is 2.28. The number of carbonyl (C=O) groups excluding carboxylic acids is 1. The summed E-state index contributed by atoms with van der Waals surface area (Å²) in [4.78, 5) is 17.4. The molecule has 0 saturated heterocycles. The van der Waals surface area contributed by atoms with E-state index in [4.69, 9.17) is 0 Å². The second-order valence-electron chi connectivity index (χ2n) is 3.57. The predicted molar refractivity (Wildman–Crippen MR) is 59.2 cm³/mol. The molecule has 0 radical (unpaired) electrons. The lowest BCUT2D eigenvalue weighted by Crippen LogP contribution is -2.41. The van der Waals surface area contributed by atoms with Crippen LogP contribution in [0.25, 0.3) is 0 Å². The average molecular weight is 207 g/mol. The van der Waals surface area contributed by atoms with Gasteiger partial charge < -0.3 is 10.2 Å². The molecule has 1 unspecified atom stereocenters. The van der Waals surface area contributed by atoms with Crippen molar-refractivity contribution in [3.63, 3.8) is 0 Å². The summed E-state index contributed by atoms with van der Waals surface area (Å²) < 4.78 is 0. The van der Waals surface area contributed by atoms with Crippen molar-refractivity contribution in [3.8, 4) is 0 Å². The molecule has 4 heteroatoms. The van der Waals surface area contributed by atoms with E-state index in [9.17, 15) is 4.79 Å². The number of carbonyl (C=O) groups is 1. The molecule has 0 bridgehead atoms. The van der Waals surface area contributed by atoms with Gasteiger partial charge in [0, 0.05) is 26.0 Å². The lowest BCUT2D eigenvalue weighted by molar-refractivity contribution is -0.132. The van der Waals surface area contributed by atoms with Crippen LogP contribution in [-0.4, -0.2) is 35.9 Å². The van der Waals surface area contributed by atoms with E-state index in [0.717, 1.165) is 5.56 Å². The molecular formula is C11H17N3O. The summed E-state index contributed by atoms with van der Waals surface area (Å²) in [5.74, 6) is 0.0846. The zero-order valence-electron chi connectivity index (χ0n) is 9.40. The van der Waals surface area contributed by atoms with Crippen molar-refractivity contribution in [2.24, 2.45) is 0 Å². The lowest BCUT2D eigenvalue weighted by Gasteiger charge is -2.20. The van der Waals surface area contributed by atoms with Crippen LogP contribution in [0, 0.1) is 0 Å². The van der Waals surface area contributed by atoms with Gasteiger partial charge in [-0.15, -0.1) is 0 Å². The fourth-order valence-corrected chi connectivity index (χ4v) is 1.30. The second kappa shape index (κ2) is 5.46. The first-order valence-corrected chi connectivity index (χ1v) is 4.96. The molecule has 1 heterocycles. The quantitative estimate of drug-likeness (QED) is 0.788. The summed E-state index contributed by atoms with van der Waals surface area (Å²) >= 11 is 0. The molecule has 0 aliphatic rings. The Kier molecular flexibility index (Phi) is 4.24. The summed E-state index contributed by atoms with van der Waals surface area (Å²) in [5, 5.41) is 2.92. The number of hydrogen-bond acceptors (Lipinski definition) is 3. The molecule has 0 fully saturated rings. The summed E-state index contributed by atoms with van der Waals surface area (Å²) in [7, 11) is 3.57. The number of pyridine rings is 1. The molecule has 1 N–H and O–H groups in total. The van der Waals surface area contributed by atoms with Crippen LogP contribution in [0.4, 0.5) is 0 Å². The van der Waals surface area contributed by atoms with E-state index in [0.29, 0.717) is 6.54 Å². The Hall–Kier alpha value is -1.42. The Balaban J connectivity index is 2.56. The van der Waals surface area contributed by atoms with Gasteiger partial charge in [0.15, 0.2) is 0 Å². The SMILES string of the molecule is CNC(C)C(=O)N(C)Cc1cccnc1. The first kappa shape index (κ1) is 11.7. The number of nitrogens with one attached hydrogen (secondary N) is 1. The van der Waals surface area contributed by atoms with Crippen LogP contribution in [0.15, 0.2) is 24.5 Å². The topological polar surface area (TPSA) is 45.2 Å². The molecule has 0 aliphatic heterocycles. The zero-order chi connectivity index (χ0) is 11.3. The maximum absolute atomic E-state index is 11.7. The molecule has 15 heavy (non-hydrogen) atoms. The largest absolute Gasteiger partial charge is 0.340 e. The van der Waals surface area contributed by atoms with Crippen LogP contribution in [0.5, 0.6) is 0 Å². The number of aromatic nitrogens is 1. The molecule has 1 rings (SSSR count). The van der Waals surface area contributed by atoms with Gasteiger partial charge in [0.05, 0.1) is 6.04 Å². The number of amides is 1. The molecule has 1 aromatic rings. The standard InChI is InChI=1S/C11H17N3O/c1-9(12-2)11(15)14(3)8-10-5-4-6-13-7-10/h4-7,9,12H,8H2,1-3H3. The van der Waals surface area contributed by atoms with Gasteiger partial charge >= 0.3 is 0 Å². The minimum atomic E-state index is -0.147. The van der Waals surface area contributed by atoms with Crippen LogP contribution in [0.1, 0.15) is 12.5 Å². The van der Waals surface area contributed by atoms with Gasteiger partial charge in [0.1, 0.15) is 0 Å². The molecule has 0 aliphatic carbocycles. The summed E-state index contributed by atoms with van der Waals surface area (Å²) in [5.41, 5.74) is 1.04. The molecule has 0 spiro atoms. The Morgan fingerprint density at radius 3 is 2.93 bits per heavy atom. The summed E-state index contributed by atoms with van der Waals surface area (Å²) in [6.45, 7) is 2.45. The molecule has 82 valence electrons. The van der Waals surface area contributed by atoms with Crippen LogP contribution in [0.2, 0.25) is 0 Å². The van der Waals surface area contributed by atoms with Gasteiger partial charge in [-0.25, -0.2) is 0 Å². The zero-order valence-corrected chi connectivity index (χ0v) is 9.40. The van der Waals surface area contributed by atoms with Crippen molar-refractivity contribution in [1.82, 2.24) is 15.2 Å². The van der Waals surface area contributed by atoms with Crippen molar-refractivity contribution in [3.05, 3.63) is 30.1 Å². The maximum atomic E-state index is 11.7. The monoisotopic (exact) mass is 207 g/mol. The number of likely N-dealkylation sites (N-methyl/N-ethyl adjacent to an activating group) is 2. The van der Waals surface area contributed by atoms with E-state index in [1.54, 1.807) is 31.4 Å². The first-order chi connectivity index (χ1) is 7.15. The minimum absolute atomic E-state index is 0.0846. The molecule has 1 atom stereocenters. The first-order valence-electron chi connectivity index (χ1n) is 4.96. The van der Waals surface area contributed by atoms with E-state index in [1.165, 1.54) is 0 Å². The van der Waals surface area contributed by atoms with Gasteiger partial charge in [-0.2, -0.15) is 0 Å². The van der Waals surface area contributed by atoms with Gasteiger partial charge in [0.25, 0.3) is 0 Å². The molecular weight excluding hydrogens is 190 g/mol. The van der Waals surface area contributed by atoms with Crippen molar-refractivity contribution in [2.75, 3.05) is 14.1 Å². The Bertz CT molecular complexity index is 313. The predicted octanol–water partition coefficient (Wildman–Crippen LogP) is 0.648. The van der Waals surface area contributed by atoms with Crippen molar-refractivity contribution < 1.29 is 4.79 Å². The highest BCUT2D eigenvalue weighted by molar-refractivity contribution is 5.81. The second-order valence-corrected chi connectivity index (χ2v) is 3.57. The minimum Gasteiger partial charge on any atom is -0.340 e. The van der Waals surface area contributed by atoms with Gasteiger partial charge in [-0.1, -0.05) is 6.07 Å². The molecule has 0 saturated carbocycles. The van der Waals surface area contributed by atoms with Gasteiger partial charge in [-0.3, -0.25) is 9.78 Å². The fourth-order valence-electron chi connectivity index (χ4n) is 1.30. The van der Waals surface area contributed by atoms with Crippen molar-refractivity contribution in [2.45, 2.75) is 19.5 Å². The van der Waals surface area contributed by atoms with E-state index < -0.39 is 0 Å². The normalized spacial score (nSPS) is 12.2. The van der Waals surface area contributed by atoms with Crippen LogP contribution >= 0.6 is 0 Å². The summed E-state index contributed by atoms with van der Waals surface area (Å²) in [6.07, 6.45) is 3.50. The van der Waals surface area contributed by atoms with Crippen LogP contribution < -0.4 is 5.32 Å². The number of hydrogen-bond donors (Lipinski definition) is 1. The Morgan fingerprint density at radius 2 is 2.40 bits per heavy atom. The molecule has 1 amide bonds. The number of nitrogens with zero attached hydrogens (tertiary/aromatic N) is 2. The third-order valence-electron chi connectivity index (χ3n) is 2.32. The van der Waals surface area contributed by atoms with E-state index in [2.05, 4.69) is 10.3 Å². The summed E-state index contributed by atoms with van der Waals surface area (Å²) in [6, 6.07) is 3.68. The smallest absolute Gasteiger partial charge is 0.239 e. The van der Waals surface area contributed by atoms with Gasteiger partial charge in [0.2, 0.25) is 5.91 Å².